The van der Waals surface area contributed by atoms with Crippen molar-refractivity contribution in [1.82, 2.24) is 18.9 Å². The third-order valence-corrected chi connectivity index (χ3v) is 9.54. The number of carbonyl (C=O) groups is 2. The Balaban J connectivity index is 1.35. The minimum Gasteiger partial charge on any atom is -0.497 e. The molecule has 2 aromatic carbocycles. The molecule has 15 heteroatoms. The number of anilines is 1. The van der Waals surface area contributed by atoms with E-state index in [1.165, 1.54) is 20.4 Å². The van der Waals surface area contributed by atoms with Crippen LogP contribution in [0, 0.1) is 0 Å². The van der Waals surface area contributed by atoms with Crippen LogP contribution < -0.4 is 30.8 Å². The molecule has 5 rings (SSSR count). The van der Waals surface area contributed by atoms with Gasteiger partial charge in [-0.25, -0.2) is 18.0 Å². The van der Waals surface area contributed by atoms with Crippen LogP contribution in [0.5, 0.6) is 17.2 Å². The summed E-state index contributed by atoms with van der Waals surface area (Å²) in [6.07, 6.45) is 4.08. The maximum Gasteiger partial charge on any atom is 0.331 e. The summed E-state index contributed by atoms with van der Waals surface area (Å²) in [5.41, 5.74) is 0.590. The van der Waals surface area contributed by atoms with E-state index in [0.717, 1.165) is 32.4 Å². The quantitative estimate of drug-likeness (QED) is 0.340. The molecule has 0 unspecified atom stereocenters. The van der Waals surface area contributed by atoms with Gasteiger partial charge in [-0.15, -0.1) is 0 Å². The van der Waals surface area contributed by atoms with Crippen molar-refractivity contribution in [2.75, 3.05) is 58.3 Å². The van der Waals surface area contributed by atoms with E-state index < -0.39 is 26.8 Å². The van der Waals surface area contributed by atoms with Crippen LogP contribution in [0.25, 0.3) is 11.1 Å². The van der Waals surface area contributed by atoms with Crippen LogP contribution >= 0.6 is 0 Å². The van der Waals surface area contributed by atoms with Gasteiger partial charge in [0, 0.05) is 55.9 Å². The van der Waals surface area contributed by atoms with E-state index in [2.05, 4.69) is 5.32 Å². The molecule has 0 bridgehead atoms. The summed E-state index contributed by atoms with van der Waals surface area (Å²) in [5.74, 6) is 0.538. The molecule has 0 radical (unpaired) electrons. The van der Waals surface area contributed by atoms with Gasteiger partial charge in [0.15, 0.2) is 11.5 Å². The van der Waals surface area contributed by atoms with Gasteiger partial charge in [0.05, 0.1) is 32.6 Å². The lowest BCUT2D eigenvalue weighted by Gasteiger charge is -2.38. The number of carbonyl (C=O) groups excluding carboxylic acids is 2. The van der Waals surface area contributed by atoms with E-state index >= 15 is 0 Å². The number of nitrogens with zero attached hydrogens (tertiary/aromatic N) is 4. The second kappa shape index (κ2) is 13.9. The smallest absolute Gasteiger partial charge is 0.331 e. The molecule has 0 atom stereocenters. The molecule has 2 aliphatic rings. The number of piperidine rings is 1. The van der Waals surface area contributed by atoms with Crippen LogP contribution in [0.2, 0.25) is 0 Å². The molecule has 14 nitrogen and oxygen atoms in total. The van der Waals surface area contributed by atoms with Crippen molar-refractivity contribution >= 4 is 27.5 Å². The Kier molecular flexibility index (Phi) is 9.94. The van der Waals surface area contributed by atoms with Crippen molar-refractivity contribution in [3.63, 3.8) is 0 Å². The molecule has 1 aromatic heterocycles. The number of rotatable bonds is 10. The zero-order valence-corrected chi connectivity index (χ0v) is 27.7. The van der Waals surface area contributed by atoms with Gasteiger partial charge in [0.25, 0.3) is 5.56 Å². The number of methoxy groups -OCH3 is 3. The van der Waals surface area contributed by atoms with Gasteiger partial charge in [0.2, 0.25) is 5.91 Å². The standard InChI is InChI=1S/C32H39N5O9S/c1-44-23-8-9-26-21(18-23)10-15-36(31(40)33-26)22-11-13-34(14-12-22)28(38)20-35-19-25(24-6-5-7-27(45-2)29(24)46-3)30(39)37(32(35)41)16-17-47(4,42)43/h5-9,18-19,22H,10-17,20H2,1-4H3,(H,33,40). The summed E-state index contributed by atoms with van der Waals surface area (Å²) in [7, 11) is 0.947. The molecule has 0 saturated carbocycles. The number of nitrogens with one attached hydrogen (secondary N) is 1. The van der Waals surface area contributed by atoms with Gasteiger partial charge in [-0.3, -0.25) is 18.7 Å². The second-order valence-corrected chi connectivity index (χ2v) is 13.8. The average Bonchev–Trinajstić information content (AvgIpc) is 3.22. The number of ether oxygens (including phenoxy) is 3. The van der Waals surface area contributed by atoms with Gasteiger partial charge in [-0.1, -0.05) is 12.1 Å². The normalized spacial score (nSPS) is 15.4. The van der Waals surface area contributed by atoms with Crippen molar-refractivity contribution in [2.24, 2.45) is 0 Å². The van der Waals surface area contributed by atoms with Crippen molar-refractivity contribution in [3.8, 4) is 28.4 Å². The topological polar surface area (TPSA) is 158 Å². The van der Waals surface area contributed by atoms with Crippen molar-refractivity contribution in [1.29, 1.82) is 0 Å². The van der Waals surface area contributed by atoms with Gasteiger partial charge < -0.3 is 29.3 Å². The van der Waals surface area contributed by atoms with Crippen molar-refractivity contribution in [3.05, 3.63) is 69.0 Å². The molecule has 1 fully saturated rings. The fraction of sp³-hybridized carbons (Fsp3) is 0.438. The molecule has 1 N–H and O–H groups in total. The molecular weight excluding hydrogens is 630 g/mol. The van der Waals surface area contributed by atoms with Crippen LogP contribution in [-0.4, -0.2) is 98.3 Å². The summed E-state index contributed by atoms with van der Waals surface area (Å²) >= 11 is 0. The van der Waals surface area contributed by atoms with E-state index in [4.69, 9.17) is 14.2 Å². The van der Waals surface area contributed by atoms with E-state index in [1.54, 1.807) is 36.3 Å². The van der Waals surface area contributed by atoms with Gasteiger partial charge in [-0.05, 0) is 49.1 Å². The number of likely N-dealkylation sites (tertiary alicyclic amines) is 1. The van der Waals surface area contributed by atoms with Crippen LogP contribution in [0.3, 0.4) is 0 Å². The highest BCUT2D eigenvalue weighted by Gasteiger charge is 2.32. The Morgan fingerprint density at radius 3 is 2.36 bits per heavy atom. The van der Waals surface area contributed by atoms with E-state index in [-0.39, 0.29) is 42.4 Å². The number of hydrogen-bond donors (Lipinski definition) is 1. The van der Waals surface area contributed by atoms with Crippen LogP contribution in [0.4, 0.5) is 10.5 Å². The predicted octanol–water partition coefficient (Wildman–Crippen LogP) is 1.83. The largest absolute Gasteiger partial charge is 0.497 e. The first-order valence-electron chi connectivity index (χ1n) is 15.2. The first kappa shape index (κ1) is 33.6. The predicted molar refractivity (Wildman–Crippen MR) is 175 cm³/mol. The van der Waals surface area contributed by atoms with Gasteiger partial charge in [-0.2, -0.15) is 0 Å². The lowest BCUT2D eigenvalue weighted by atomic mass is 10.0. The number of amides is 3. The summed E-state index contributed by atoms with van der Waals surface area (Å²) in [4.78, 5) is 57.2. The van der Waals surface area contributed by atoms with Crippen LogP contribution in [-0.2, 0) is 34.1 Å². The Morgan fingerprint density at radius 1 is 0.957 bits per heavy atom. The first-order valence-corrected chi connectivity index (χ1v) is 17.3. The van der Waals surface area contributed by atoms with Crippen LogP contribution in [0.1, 0.15) is 18.4 Å². The lowest BCUT2D eigenvalue weighted by Crippen LogP contribution is -2.51. The van der Waals surface area contributed by atoms with Crippen LogP contribution in [0.15, 0.2) is 52.2 Å². The SMILES string of the molecule is COc1ccc2c(c1)CCN(C1CCN(C(=O)Cn3cc(-c4cccc(OC)c4OC)c(=O)n(CCS(C)(=O)=O)c3=O)CC1)C(=O)N2. The maximum absolute atomic E-state index is 13.6. The van der Waals surface area contributed by atoms with E-state index in [9.17, 15) is 27.6 Å². The minimum atomic E-state index is -3.52. The second-order valence-electron chi connectivity index (χ2n) is 11.6. The highest BCUT2D eigenvalue weighted by Crippen LogP contribution is 2.36. The number of hydrogen-bond acceptors (Lipinski definition) is 9. The summed E-state index contributed by atoms with van der Waals surface area (Å²) in [6.45, 7) is 0.500. The molecule has 3 heterocycles. The van der Waals surface area contributed by atoms with Crippen molar-refractivity contribution < 1.29 is 32.2 Å². The van der Waals surface area contributed by atoms with Gasteiger partial charge >= 0.3 is 11.7 Å². The average molecular weight is 670 g/mol. The zero-order chi connectivity index (χ0) is 33.9. The lowest BCUT2D eigenvalue weighted by molar-refractivity contribution is -0.133. The third kappa shape index (κ3) is 7.29. The third-order valence-electron chi connectivity index (χ3n) is 8.62. The maximum atomic E-state index is 13.6. The summed E-state index contributed by atoms with van der Waals surface area (Å²) < 4.78 is 42.1. The fourth-order valence-corrected chi connectivity index (χ4v) is 6.60. The fourth-order valence-electron chi connectivity index (χ4n) is 6.08. The number of benzene rings is 2. The highest BCUT2D eigenvalue weighted by atomic mass is 32.2. The Morgan fingerprint density at radius 2 is 1.70 bits per heavy atom. The number of sulfone groups is 1. The minimum absolute atomic E-state index is 0.0474. The Hall–Kier alpha value is -4.79. The monoisotopic (exact) mass is 669 g/mol. The Bertz CT molecular complexity index is 1900. The molecule has 2 aliphatic heterocycles. The van der Waals surface area contributed by atoms with Gasteiger partial charge in [0.1, 0.15) is 22.1 Å². The van der Waals surface area contributed by atoms with E-state index in [0.29, 0.717) is 50.2 Å². The number of aromatic nitrogens is 2. The van der Waals surface area contributed by atoms with Crippen molar-refractivity contribution in [2.45, 2.75) is 38.4 Å². The number of urea groups is 1. The molecule has 252 valence electrons. The molecule has 0 spiro atoms. The first-order chi connectivity index (χ1) is 22.4. The highest BCUT2D eigenvalue weighted by molar-refractivity contribution is 7.90. The zero-order valence-electron chi connectivity index (χ0n) is 26.9. The molecule has 3 amide bonds. The Labute approximate surface area is 272 Å². The molecule has 47 heavy (non-hydrogen) atoms. The summed E-state index contributed by atoms with van der Waals surface area (Å²) in [5, 5.41) is 2.99. The number of fused-ring (bicyclic) bond motifs is 1. The molecule has 0 aliphatic carbocycles. The molecule has 1 saturated heterocycles. The number of para-hydroxylation sites is 1. The summed E-state index contributed by atoms with van der Waals surface area (Å²) in [6, 6.07) is 10.2. The molecular formula is C32H39N5O9S. The van der Waals surface area contributed by atoms with E-state index in [1.807, 2.05) is 17.0 Å². The molecule has 3 aromatic rings.